The van der Waals surface area contributed by atoms with Crippen molar-refractivity contribution in [2.45, 2.75) is 44.3 Å². The van der Waals surface area contributed by atoms with E-state index in [9.17, 15) is 0 Å². The minimum Gasteiger partial charge on any atom is -0.306 e. The van der Waals surface area contributed by atoms with Crippen LogP contribution in [-0.2, 0) is 5.75 Å². The summed E-state index contributed by atoms with van der Waals surface area (Å²) in [5.74, 6) is 0.927. The summed E-state index contributed by atoms with van der Waals surface area (Å²) in [5, 5.41) is 7.91. The molecule has 5 nitrogen and oxygen atoms in total. The fourth-order valence-electron chi connectivity index (χ4n) is 4.07. The Morgan fingerprint density at radius 1 is 1.07 bits per heavy atom. The molecule has 1 saturated heterocycles. The molecule has 3 unspecified atom stereocenters. The van der Waals surface area contributed by atoms with Crippen LogP contribution < -0.4 is 10.9 Å². The molecule has 3 aliphatic rings. The maximum Gasteiger partial charge on any atom is 0.189 e. The minimum atomic E-state index is 0.173. The van der Waals surface area contributed by atoms with Gasteiger partial charge in [0.2, 0.25) is 0 Å². The average molecular weight is 392 g/mol. The first-order valence-corrected chi connectivity index (χ1v) is 10.8. The van der Waals surface area contributed by atoms with Gasteiger partial charge in [0.25, 0.3) is 0 Å². The summed E-state index contributed by atoms with van der Waals surface area (Å²) in [6, 6.07) is 18.0. The van der Waals surface area contributed by atoms with Crippen molar-refractivity contribution < 1.29 is 0 Å². The number of hydrogen-bond acceptors (Lipinski definition) is 6. The number of hydrazone groups is 1. The molecular formula is C22H25N5S. The standard InChI is InChI=1S/C22H25N5S/c1-15-8-9-18(12-16(15)2)19-13-20-21-23-24-22(26(21)10-11-27(20)25-19)28-14-17-6-4-3-5-7-17/h3-12,19-21,23,25H,13-14H2,1-2H3. The van der Waals surface area contributed by atoms with Gasteiger partial charge in [-0.3, -0.25) is 5.43 Å². The minimum absolute atomic E-state index is 0.173. The largest absolute Gasteiger partial charge is 0.306 e. The molecule has 1 fully saturated rings. The number of nitrogens with zero attached hydrogens (tertiary/aromatic N) is 3. The Kier molecular flexibility index (Phi) is 4.53. The van der Waals surface area contributed by atoms with E-state index in [-0.39, 0.29) is 6.17 Å². The summed E-state index contributed by atoms with van der Waals surface area (Å²) in [6.07, 6.45) is 5.50. The number of nitrogens with one attached hydrogen (secondary N) is 2. The Morgan fingerprint density at radius 3 is 2.75 bits per heavy atom. The molecule has 0 saturated carbocycles. The van der Waals surface area contributed by atoms with E-state index in [1.807, 2.05) is 0 Å². The Balaban J connectivity index is 1.27. The number of amidine groups is 1. The number of thioether (sulfide) groups is 1. The summed E-state index contributed by atoms with van der Waals surface area (Å²) in [6.45, 7) is 4.35. The summed E-state index contributed by atoms with van der Waals surface area (Å²) in [5.41, 5.74) is 12.4. The van der Waals surface area contributed by atoms with Crippen LogP contribution >= 0.6 is 11.8 Å². The summed E-state index contributed by atoms with van der Waals surface area (Å²) >= 11 is 1.78. The second-order valence-corrected chi connectivity index (χ2v) is 8.63. The highest BCUT2D eigenvalue weighted by molar-refractivity contribution is 8.13. The van der Waals surface area contributed by atoms with Gasteiger partial charge in [-0.2, -0.15) is 5.10 Å². The lowest BCUT2D eigenvalue weighted by atomic mass is 9.97. The smallest absolute Gasteiger partial charge is 0.189 e. The molecule has 0 bridgehead atoms. The van der Waals surface area contributed by atoms with Gasteiger partial charge in [-0.25, -0.2) is 5.43 Å². The zero-order valence-corrected chi connectivity index (χ0v) is 17.0. The number of hydrogen-bond donors (Lipinski definition) is 2. The summed E-state index contributed by atoms with van der Waals surface area (Å²) in [4.78, 5) is 2.28. The summed E-state index contributed by atoms with van der Waals surface area (Å²) in [7, 11) is 0. The lowest BCUT2D eigenvalue weighted by Gasteiger charge is -2.36. The molecule has 28 heavy (non-hydrogen) atoms. The molecule has 144 valence electrons. The molecule has 3 atom stereocenters. The van der Waals surface area contributed by atoms with Crippen LogP contribution in [0.2, 0.25) is 0 Å². The van der Waals surface area contributed by atoms with Crippen LogP contribution in [0.5, 0.6) is 0 Å². The molecule has 5 rings (SSSR count). The fraction of sp³-hybridized carbons (Fsp3) is 0.318. The monoisotopic (exact) mass is 391 g/mol. The molecular weight excluding hydrogens is 366 g/mol. The van der Waals surface area contributed by atoms with Crippen molar-refractivity contribution >= 4 is 16.9 Å². The van der Waals surface area contributed by atoms with Gasteiger partial charge in [0.15, 0.2) is 5.17 Å². The third kappa shape index (κ3) is 3.16. The molecule has 0 radical (unpaired) electrons. The van der Waals surface area contributed by atoms with Crippen molar-refractivity contribution in [3.05, 3.63) is 83.2 Å². The first kappa shape index (κ1) is 17.6. The third-order valence-electron chi connectivity index (χ3n) is 5.85. The van der Waals surface area contributed by atoms with Gasteiger partial charge in [-0.1, -0.05) is 60.3 Å². The Bertz CT molecular complexity index is 926. The zero-order chi connectivity index (χ0) is 19.1. The average Bonchev–Trinajstić information content (AvgIpc) is 3.33. The molecule has 3 aliphatic heterocycles. The molecule has 0 aromatic heterocycles. The van der Waals surface area contributed by atoms with Crippen LogP contribution in [-0.4, -0.2) is 27.3 Å². The predicted molar refractivity (Wildman–Crippen MR) is 115 cm³/mol. The Labute approximate surface area is 170 Å². The number of aryl methyl sites for hydroxylation is 2. The van der Waals surface area contributed by atoms with Crippen molar-refractivity contribution in [2.24, 2.45) is 5.10 Å². The van der Waals surface area contributed by atoms with Crippen molar-refractivity contribution in [3.8, 4) is 0 Å². The fourth-order valence-corrected chi connectivity index (χ4v) is 5.00. The highest BCUT2D eigenvalue weighted by atomic mass is 32.2. The van der Waals surface area contributed by atoms with E-state index in [2.05, 4.69) is 101 Å². The molecule has 0 amide bonds. The topological polar surface area (TPSA) is 42.9 Å². The molecule has 3 heterocycles. The van der Waals surface area contributed by atoms with Gasteiger partial charge < -0.3 is 9.91 Å². The van der Waals surface area contributed by atoms with Gasteiger partial charge in [0.05, 0.1) is 12.1 Å². The van der Waals surface area contributed by atoms with Crippen LogP contribution in [0.15, 0.2) is 66.0 Å². The van der Waals surface area contributed by atoms with Crippen molar-refractivity contribution in [1.29, 1.82) is 0 Å². The van der Waals surface area contributed by atoms with Gasteiger partial charge in [-0.15, -0.1) is 0 Å². The molecule has 2 aromatic carbocycles. The Hall–Kier alpha value is -2.44. The maximum absolute atomic E-state index is 4.63. The second-order valence-electron chi connectivity index (χ2n) is 7.68. The lowest BCUT2D eigenvalue weighted by molar-refractivity contribution is 0.152. The molecule has 6 heteroatoms. The van der Waals surface area contributed by atoms with E-state index in [4.69, 9.17) is 0 Å². The number of hydrazine groups is 1. The number of benzene rings is 2. The molecule has 0 aliphatic carbocycles. The maximum atomic E-state index is 4.63. The van der Waals surface area contributed by atoms with E-state index < -0.39 is 0 Å². The van der Waals surface area contributed by atoms with Crippen LogP contribution in [0.4, 0.5) is 0 Å². The first-order chi connectivity index (χ1) is 13.7. The van der Waals surface area contributed by atoms with E-state index in [1.54, 1.807) is 11.8 Å². The van der Waals surface area contributed by atoms with Crippen LogP contribution in [0.25, 0.3) is 0 Å². The van der Waals surface area contributed by atoms with Crippen LogP contribution in [0, 0.1) is 13.8 Å². The van der Waals surface area contributed by atoms with E-state index in [0.717, 1.165) is 17.3 Å². The van der Waals surface area contributed by atoms with Crippen LogP contribution in [0.3, 0.4) is 0 Å². The first-order valence-electron chi connectivity index (χ1n) is 9.77. The van der Waals surface area contributed by atoms with Gasteiger partial charge >= 0.3 is 0 Å². The van der Waals surface area contributed by atoms with Crippen molar-refractivity contribution in [2.75, 3.05) is 0 Å². The number of fused-ring (bicyclic) bond motifs is 3. The molecule has 2 N–H and O–H groups in total. The highest BCUT2D eigenvalue weighted by Crippen LogP contribution is 2.35. The van der Waals surface area contributed by atoms with Crippen molar-refractivity contribution in [1.82, 2.24) is 20.8 Å². The zero-order valence-electron chi connectivity index (χ0n) is 16.2. The Morgan fingerprint density at radius 2 is 1.93 bits per heavy atom. The lowest BCUT2D eigenvalue weighted by Crippen LogP contribution is -2.54. The van der Waals surface area contributed by atoms with Gasteiger partial charge in [-0.05, 0) is 42.5 Å². The molecule has 2 aromatic rings. The van der Waals surface area contributed by atoms with Gasteiger partial charge in [0, 0.05) is 18.2 Å². The van der Waals surface area contributed by atoms with E-state index in [1.165, 1.54) is 22.3 Å². The second kappa shape index (κ2) is 7.18. The normalized spacial score (nSPS) is 25.4. The third-order valence-corrected chi connectivity index (χ3v) is 6.89. The number of rotatable bonds is 3. The summed E-state index contributed by atoms with van der Waals surface area (Å²) < 4.78 is 0. The van der Waals surface area contributed by atoms with Crippen molar-refractivity contribution in [3.63, 3.8) is 0 Å². The molecule has 0 spiro atoms. The van der Waals surface area contributed by atoms with Gasteiger partial charge in [0.1, 0.15) is 6.17 Å². The predicted octanol–water partition coefficient (Wildman–Crippen LogP) is 3.84. The van der Waals surface area contributed by atoms with Crippen LogP contribution in [0.1, 0.15) is 34.7 Å². The highest BCUT2D eigenvalue weighted by Gasteiger charge is 2.44. The SMILES string of the molecule is Cc1ccc(C2CC3C4NN=C(SCc5ccccc5)N4C=CN3N2)cc1C. The van der Waals surface area contributed by atoms with E-state index >= 15 is 0 Å². The van der Waals surface area contributed by atoms with E-state index in [0.29, 0.717) is 12.1 Å². The quantitative estimate of drug-likeness (QED) is 0.832.